The van der Waals surface area contributed by atoms with E-state index in [2.05, 4.69) is 20.8 Å². The quantitative estimate of drug-likeness (QED) is 0.134. The number of fused-ring (bicyclic) bond motifs is 1. The maximum atomic E-state index is 13.2. The van der Waals surface area contributed by atoms with Gasteiger partial charge in [0.05, 0.1) is 6.61 Å². The van der Waals surface area contributed by atoms with Crippen LogP contribution in [0.2, 0.25) is 0 Å². The average molecular weight is 520 g/mol. The second-order valence-corrected chi connectivity index (χ2v) is 8.70. The van der Waals surface area contributed by atoms with Crippen LogP contribution in [0.25, 0.3) is 0 Å². The third-order valence-corrected chi connectivity index (χ3v) is 6.73. The molecule has 2 aliphatic rings. The van der Waals surface area contributed by atoms with E-state index >= 15 is 0 Å². The predicted molar refractivity (Wildman–Crippen MR) is 117 cm³/mol. The number of carboxylic acids is 2. The van der Waals surface area contributed by atoms with Crippen LogP contribution in [-0.4, -0.2) is 95.6 Å². The number of ether oxygens (including phenoxy) is 2. The molecule has 3 heterocycles. The van der Waals surface area contributed by atoms with Gasteiger partial charge in [-0.25, -0.2) is 9.48 Å². The van der Waals surface area contributed by atoms with Crippen LogP contribution in [0.3, 0.4) is 0 Å². The minimum atomic E-state index is -2.14. The van der Waals surface area contributed by atoms with E-state index in [0.717, 1.165) is 23.8 Å². The topological polar surface area (TPSA) is 206 Å². The molecule has 15 nitrogen and oxygen atoms in total. The Labute approximate surface area is 206 Å². The van der Waals surface area contributed by atoms with Gasteiger partial charge in [0.1, 0.15) is 11.4 Å². The van der Waals surface area contributed by atoms with E-state index in [9.17, 15) is 34.5 Å². The molecule has 4 N–H and O–H groups in total. The zero-order chi connectivity index (χ0) is 26.2. The van der Waals surface area contributed by atoms with Crippen molar-refractivity contribution in [3.8, 4) is 5.75 Å². The van der Waals surface area contributed by atoms with E-state index < -0.39 is 41.6 Å². The molecule has 2 amide bonds. The highest BCUT2D eigenvalue weighted by atomic mass is 32.2. The number of aryl methyl sites for hydroxylation is 1. The number of phenols is 1. The van der Waals surface area contributed by atoms with Crippen molar-refractivity contribution < 1.29 is 44.0 Å². The third kappa shape index (κ3) is 4.14. The molecule has 190 valence electrons. The standard InChI is InChI=1S/C20H20N6O9S/c1-25-19(22-23-24-25)36-8-10-7-35-18-20(34-2,17(33)26(18)13(10)16(31)32)21-14(28)12(15(29)30)9-3-5-11(27)6-4-9/h3-6,12,18,27H,7-8H2,1-2H3,(H,21,28)(H,29,30)(H,31,32)/t12-,18+,20-/m1/s1. The molecule has 0 saturated carbocycles. The number of carbonyl (C=O) groups excluding carboxylic acids is 2. The number of tetrazole rings is 1. The van der Waals surface area contributed by atoms with Crippen LogP contribution in [-0.2, 0) is 35.7 Å². The van der Waals surface area contributed by atoms with Crippen LogP contribution in [0.4, 0.5) is 0 Å². The molecule has 4 rings (SSSR count). The zero-order valence-corrected chi connectivity index (χ0v) is 19.6. The fourth-order valence-electron chi connectivity index (χ4n) is 3.88. The average Bonchev–Trinajstić information content (AvgIpc) is 3.25. The van der Waals surface area contributed by atoms with Crippen LogP contribution in [0.5, 0.6) is 5.75 Å². The second kappa shape index (κ2) is 9.56. The van der Waals surface area contributed by atoms with Gasteiger partial charge in [0.2, 0.25) is 11.1 Å². The van der Waals surface area contributed by atoms with E-state index in [-0.39, 0.29) is 34.9 Å². The van der Waals surface area contributed by atoms with Gasteiger partial charge in [-0.05, 0) is 33.7 Å². The number of nitrogens with zero attached hydrogens (tertiary/aromatic N) is 5. The Morgan fingerprint density at radius 1 is 1.31 bits per heavy atom. The number of phenolic OH excluding ortho intramolecular Hbond substituents is 1. The molecule has 0 radical (unpaired) electrons. The van der Waals surface area contributed by atoms with Gasteiger partial charge in [-0.3, -0.25) is 19.3 Å². The SMILES string of the molecule is CO[C@]1(NC(=O)[C@H](C(=O)O)c2ccc(O)cc2)C(=O)N2C(C(=O)O)=C(CSc3nnnn3C)CO[C@H]21. The lowest BCUT2D eigenvalue weighted by molar-refractivity contribution is -0.258. The fraction of sp³-hybridized carbons (Fsp3) is 0.350. The molecule has 0 unspecified atom stereocenters. The Hall–Kier alpha value is -4.02. The molecule has 0 aliphatic carbocycles. The number of aliphatic carboxylic acids is 2. The number of methoxy groups -OCH3 is 1. The number of hydrogen-bond acceptors (Lipinski definition) is 11. The summed E-state index contributed by atoms with van der Waals surface area (Å²) < 4.78 is 12.4. The van der Waals surface area contributed by atoms with Gasteiger partial charge in [-0.2, -0.15) is 0 Å². The molecular weight excluding hydrogens is 500 g/mol. The van der Waals surface area contributed by atoms with Gasteiger partial charge in [0.15, 0.2) is 12.1 Å². The monoisotopic (exact) mass is 520 g/mol. The van der Waals surface area contributed by atoms with Crippen molar-refractivity contribution in [2.75, 3.05) is 19.5 Å². The highest BCUT2D eigenvalue weighted by molar-refractivity contribution is 7.99. The van der Waals surface area contributed by atoms with Crippen molar-refractivity contribution in [3.05, 3.63) is 41.1 Å². The Morgan fingerprint density at radius 2 is 2.00 bits per heavy atom. The van der Waals surface area contributed by atoms with Gasteiger partial charge in [-0.15, -0.1) is 5.10 Å². The summed E-state index contributed by atoms with van der Waals surface area (Å²) in [6.45, 7) is -0.213. The minimum absolute atomic E-state index is 0.0425. The van der Waals surface area contributed by atoms with Crippen molar-refractivity contribution in [1.82, 2.24) is 30.4 Å². The molecular formula is C20H20N6O9S. The first kappa shape index (κ1) is 25.1. The minimum Gasteiger partial charge on any atom is -0.508 e. The molecule has 1 saturated heterocycles. The summed E-state index contributed by atoms with van der Waals surface area (Å²) in [6, 6.07) is 4.93. The summed E-state index contributed by atoms with van der Waals surface area (Å²) in [6.07, 6.45) is -1.36. The van der Waals surface area contributed by atoms with E-state index in [1.807, 2.05) is 0 Å². The van der Waals surface area contributed by atoms with Crippen LogP contribution in [0, 0.1) is 0 Å². The molecule has 16 heteroatoms. The fourth-order valence-corrected chi connectivity index (χ4v) is 4.72. The van der Waals surface area contributed by atoms with Crippen LogP contribution in [0.1, 0.15) is 11.5 Å². The van der Waals surface area contributed by atoms with Crippen molar-refractivity contribution in [3.63, 3.8) is 0 Å². The Kier molecular flexibility index (Phi) is 6.66. The number of hydrogen-bond donors (Lipinski definition) is 4. The highest BCUT2D eigenvalue weighted by Gasteiger charge is 2.68. The van der Waals surface area contributed by atoms with Gasteiger partial charge in [0.25, 0.3) is 11.6 Å². The smallest absolute Gasteiger partial charge is 0.352 e. The number of benzene rings is 1. The molecule has 2 aromatic rings. The molecule has 36 heavy (non-hydrogen) atoms. The lowest BCUT2D eigenvalue weighted by Gasteiger charge is -2.55. The number of amides is 2. The first-order valence-electron chi connectivity index (χ1n) is 10.2. The lowest BCUT2D eigenvalue weighted by atomic mass is 9.92. The van der Waals surface area contributed by atoms with Crippen LogP contribution >= 0.6 is 11.8 Å². The molecule has 1 aromatic heterocycles. The number of β-lactam (4-membered cyclic amide) rings is 1. The number of carboxylic acid groups (broad SMARTS) is 2. The van der Waals surface area contributed by atoms with Crippen molar-refractivity contribution in [2.45, 2.75) is 23.0 Å². The van der Waals surface area contributed by atoms with Gasteiger partial charge < -0.3 is 30.1 Å². The van der Waals surface area contributed by atoms with Crippen LogP contribution in [0.15, 0.2) is 40.7 Å². The van der Waals surface area contributed by atoms with E-state index in [1.54, 1.807) is 7.05 Å². The summed E-state index contributed by atoms with van der Waals surface area (Å²) in [5.74, 6) is -6.73. The molecule has 3 atom stereocenters. The summed E-state index contributed by atoms with van der Waals surface area (Å²) in [7, 11) is 2.71. The molecule has 2 aliphatic heterocycles. The zero-order valence-electron chi connectivity index (χ0n) is 18.8. The summed E-state index contributed by atoms with van der Waals surface area (Å²) in [5.41, 5.74) is -2.17. The number of aromatic hydroxyl groups is 1. The summed E-state index contributed by atoms with van der Waals surface area (Å²) in [4.78, 5) is 51.0. The van der Waals surface area contributed by atoms with Crippen molar-refractivity contribution in [2.24, 2.45) is 7.05 Å². The Morgan fingerprint density at radius 3 is 2.56 bits per heavy atom. The van der Waals surface area contributed by atoms with Gasteiger partial charge in [0, 0.05) is 19.9 Å². The summed E-state index contributed by atoms with van der Waals surface area (Å²) in [5, 5.41) is 42.6. The number of thioether (sulfide) groups is 1. The second-order valence-electron chi connectivity index (χ2n) is 7.76. The van der Waals surface area contributed by atoms with Crippen molar-refractivity contribution >= 4 is 35.5 Å². The molecule has 0 spiro atoms. The first-order valence-corrected chi connectivity index (χ1v) is 11.2. The third-order valence-electron chi connectivity index (χ3n) is 5.64. The number of aromatic nitrogens is 4. The molecule has 1 fully saturated rings. The van der Waals surface area contributed by atoms with E-state index in [0.29, 0.717) is 5.16 Å². The summed E-state index contributed by atoms with van der Waals surface area (Å²) >= 11 is 1.14. The number of carbonyl (C=O) groups is 4. The number of nitrogens with one attached hydrogen (secondary N) is 1. The lowest BCUT2D eigenvalue weighted by Crippen LogP contribution is -2.82. The van der Waals surface area contributed by atoms with E-state index in [1.165, 1.54) is 28.9 Å². The number of rotatable bonds is 9. The normalized spacial score (nSPS) is 22.0. The largest absolute Gasteiger partial charge is 0.508 e. The van der Waals surface area contributed by atoms with Crippen LogP contribution < -0.4 is 5.32 Å². The van der Waals surface area contributed by atoms with Gasteiger partial charge in [-0.1, -0.05) is 23.9 Å². The Bertz CT molecular complexity index is 1260. The molecule has 0 bridgehead atoms. The highest BCUT2D eigenvalue weighted by Crippen LogP contribution is 2.41. The van der Waals surface area contributed by atoms with E-state index in [4.69, 9.17) is 9.47 Å². The molecule has 1 aromatic carbocycles. The maximum absolute atomic E-state index is 13.2. The van der Waals surface area contributed by atoms with Crippen molar-refractivity contribution in [1.29, 1.82) is 0 Å². The Balaban J connectivity index is 1.58. The first-order chi connectivity index (χ1) is 17.1. The van der Waals surface area contributed by atoms with Gasteiger partial charge >= 0.3 is 11.9 Å². The predicted octanol–water partition coefficient (Wildman–Crippen LogP) is -1.13. The maximum Gasteiger partial charge on any atom is 0.352 e.